The van der Waals surface area contributed by atoms with Crippen LogP contribution >= 0.6 is 0 Å². The maximum Gasteiger partial charge on any atom is 0.416 e. The summed E-state index contributed by atoms with van der Waals surface area (Å²) >= 11 is 0. The minimum absolute atomic E-state index is 0.0769. The summed E-state index contributed by atoms with van der Waals surface area (Å²) in [5.41, 5.74) is -3.20. The number of nitrogens with one attached hydrogen (secondary N) is 2. The first-order chi connectivity index (χ1) is 20.6. The maximum atomic E-state index is 13.2. The fourth-order valence-corrected chi connectivity index (χ4v) is 4.98. The number of halogens is 3. The molecule has 0 aromatic heterocycles. The second kappa shape index (κ2) is 14.9. The van der Waals surface area contributed by atoms with Gasteiger partial charge in [0.25, 0.3) is 0 Å². The molecule has 0 fully saturated rings. The summed E-state index contributed by atoms with van der Waals surface area (Å²) < 4.78 is 83.8. The van der Waals surface area contributed by atoms with Crippen LogP contribution in [0.25, 0.3) is 0 Å². The van der Waals surface area contributed by atoms with Crippen molar-refractivity contribution in [1.29, 1.82) is 0 Å². The minimum atomic E-state index is -4.81. The molecule has 1 amide bonds. The van der Waals surface area contributed by atoms with E-state index in [9.17, 15) is 41.3 Å². The molecule has 0 aliphatic heterocycles. The zero-order valence-electron chi connectivity index (χ0n) is 25.8. The average Bonchev–Trinajstić information content (AvgIpc) is 2.88. The molecule has 0 aliphatic carbocycles. The van der Waals surface area contributed by atoms with Crippen LogP contribution in [0.1, 0.15) is 65.5 Å². The van der Waals surface area contributed by atoms with E-state index in [1.807, 2.05) is 0 Å². The summed E-state index contributed by atoms with van der Waals surface area (Å²) in [4.78, 5) is 35.1. The fourth-order valence-electron chi connectivity index (χ4n) is 3.75. The molecule has 0 saturated heterocycles. The highest BCUT2D eigenvalue weighted by Crippen LogP contribution is 2.31. The molecule has 0 bridgehead atoms. The SMILES string of the molecule is CC(C)(C)OC(=O)NCCCCOc1ccc(C[C@H](NS(=O)(=O)c2cccc(C(F)(F)F)c2)C(=O)OC(C)(C)C)cc1[N+](=O)[O-]. The van der Waals surface area contributed by atoms with E-state index in [2.05, 4.69) is 10.0 Å². The summed E-state index contributed by atoms with van der Waals surface area (Å²) in [5, 5.41) is 14.4. The first-order valence-electron chi connectivity index (χ1n) is 13.9. The molecule has 16 heteroatoms. The normalized spacial score (nSPS) is 13.1. The summed E-state index contributed by atoms with van der Waals surface area (Å²) in [6.45, 7) is 10.2. The standard InChI is InChI=1S/C29H38F3N3O9S/c1-27(2,3)43-25(36)22(34-45(40,41)21-11-9-10-20(18-21)29(30,31)32)16-19-12-13-24(23(17-19)35(38)39)42-15-8-7-14-33-26(37)44-28(4,5)6/h9-13,17-18,22,34H,7-8,14-16H2,1-6H3,(H,33,37)/t22-/m0/s1. The highest BCUT2D eigenvalue weighted by Gasteiger charge is 2.34. The Morgan fingerprint density at radius 1 is 0.956 bits per heavy atom. The van der Waals surface area contributed by atoms with Gasteiger partial charge >= 0.3 is 23.9 Å². The average molecular weight is 662 g/mol. The van der Waals surface area contributed by atoms with Crippen LogP contribution in [0, 0.1) is 10.1 Å². The van der Waals surface area contributed by atoms with Crippen LogP contribution in [0.4, 0.5) is 23.7 Å². The zero-order valence-corrected chi connectivity index (χ0v) is 26.6. The highest BCUT2D eigenvalue weighted by molar-refractivity contribution is 7.89. The number of nitro benzene ring substituents is 1. The highest BCUT2D eigenvalue weighted by atomic mass is 32.2. The summed E-state index contributed by atoms with van der Waals surface area (Å²) in [6.07, 6.45) is -4.88. The van der Waals surface area contributed by atoms with Gasteiger partial charge in [0.2, 0.25) is 10.0 Å². The molecule has 0 aliphatic rings. The Bertz CT molecular complexity index is 1470. The Balaban J connectivity index is 2.20. The molecule has 1 atom stereocenters. The van der Waals surface area contributed by atoms with Crippen molar-refractivity contribution >= 4 is 27.8 Å². The molecule has 45 heavy (non-hydrogen) atoms. The Kier molecular flexibility index (Phi) is 12.3. The fraction of sp³-hybridized carbons (Fsp3) is 0.517. The van der Waals surface area contributed by atoms with Crippen LogP contribution in [0.3, 0.4) is 0 Å². The van der Waals surface area contributed by atoms with Gasteiger partial charge in [0.05, 0.1) is 22.0 Å². The third-order valence-electron chi connectivity index (χ3n) is 5.62. The number of benzene rings is 2. The monoisotopic (exact) mass is 661 g/mol. The number of rotatable bonds is 13. The number of amides is 1. The summed E-state index contributed by atoms with van der Waals surface area (Å²) in [6, 6.07) is 5.13. The molecule has 0 saturated carbocycles. The van der Waals surface area contributed by atoms with Gasteiger partial charge in [-0.05, 0) is 90.6 Å². The number of hydrogen-bond acceptors (Lipinski definition) is 9. The smallest absolute Gasteiger partial charge is 0.416 e. The lowest BCUT2D eigenvalue weighted by Crippen LogP contribution is -2.45. The van der Waals surface area contributed by atoms with E-state index in [1.54, 1.807) is 20.8 Å². The van der Waals surface area contributed by atoms with Gasteiger partial charge in [-0.15, -0.1) is 0 Å². The van der Waals surface area contributed by atoms with Crippen molar-refractivity contribution in [2.45, 2.75) is 89.1 Å². The number of ether oxygens (including phenoxy) is 3. The van der Waals surface area contributed by atoms with Crippen LogP contribution in [-0.2, 0) is 36.9 Å². The van der Waals surface area contributed by atoms with E-state index in [-0.39, 0.29) is 17.9 Å². The van der Waals surface area contributed by atoms with Crippen LogP contribution < -0.4 is 14.8 Å². The Labute approximate surface area is 259 Å². The number of nitrogens with zero attached hydrogens (tertiary/aromatic N) is 1. The quantitative estimate of drug-likeness (QED) is 0.122. The number of alkyl halides is 3. The van der Waals surface area contributed by atoms with E-state index in [1.165, 1.54) is 32.9 Å². The number of hydrogen-bond donors (Lipinski definition) is 2. The van der Waals surface area contributed by atoms with Crippen molar-refractivity contribution in [2.24, 2.45) is 0 Å². The molecule has 0 radical (unpaired) electrons. The van der Waals surface area contributed by atoms with Gasteiger partial charge in [0, 0.05) is 12.6 Å². The predicted octanol–water partition coefficient (Wildman–Crippen LogP) is 5.53. The van der Waals surface area contributed by atoms with Crippen molar-refractivity contribution in [1.82, 2.24) is 10.0 Å². The van der Waals surface area contributed by atoms with Crippen LogP contribution in [0.5, 0.6) is 5.75 Å². The molecule has 2 rings (SSSR count). The van der Waals surface area contributed by atoms with Crippen molar-refractivity contribution < 1.29 is 50.3 Å². The van der Waals surface area contributed by atoms with E-state index >= 15 is 0 Å². The first kappa shape index (κ1) is 37.3. The molecular formula is C29H38F3N3O9S. The van der Waals surface area contributed by atoms with Crippen LogP contribution in [-0.4, -0.2) is 55.8 Å². The van der Waals surface area contributed by atoms with Crippen molar-refractivity contribution in [3.63, 3.8) is 0 Å². The third-order valence-corrected chi connectivity index (χ3v) is 7.09. The molecule has 2 aromatic carbocycles. The number of sulfonamides is 1. The van der Waals surface area contributed by atoms with Gasteiger partial charge in [-0.25, -0.2) is 13.2 Å². The van der Waals surface area contributed by atoms with Gasteiger partial charge in [0.1, 0.15) is 17.2 Å². The van der Waals surface area contributed by atoms with Crippen molar-refractivity contribution in [3.05, 3.63) is 63.7 Å². The van der Waals surface area contributed by atoms with Gasteiger partial charge in [-0.3, -0.25) is 14.9 Å². The molecular weight excluding hydrogens is 623 g/mol. The first-order valence-corrected chi connectivity index (χ1v) is 15.4. The molecule has 2 N–H and O–H groups in total. The number of unbranched alkanes of at least 4 members (excludes halogenated alkanes) is 1. The van der Waals surface area contributed by atoms with Crippen molar-refractivity contribution in [3.8, 4) is 5.75 Å². The maximum absolute atomic E-state index is 13.2. The van der Waals surface area contributed by atoms with Crippen LogP contribution in [0.2, 0.25) is 0 Å². The number of esters is 1. The van der Waals surface area contributed by atoms with Crippen molar-refractivity contribution in [2.75, 3.05) is 13.2 Å². The number of carbonyl (C=O) groups is 2. The summed E-state index contributed by atoms with van der Waals surface area (Å²) in [7, 11) is -4.68. The van der Waals surface area contributed by atoms with Gasteiger partial charge in [0.15, 0.2) is 5.75 Å². The lowest BCUT2D eigenvalue weighted by Gasteiger charge is -2.25. The summed E-state index contributed by atoms with van der Waals surface area (Å²) in [5.74, 6) is -1.12. The number of nitro groups is 1. The Morgan fingerprint density at radius 3 is 2.18 bits per heavy atom. The van der Waals surface area contributed by atoms with E-state index in [0.29, 0.717) is 31.5 Å². The molecule has 0 spiro atoms. The van der Waals surface area contributed by atoms with E-state index < -0.39 is 73.0 Å². The number of alkyl carbamates (subject to hydrolysis) is 1. The molecule has 12 nitrogen and oxygen atoms in total. The minimum Gasteiger partial charge on any atom is -0.487 e. The Hall–Kier alpha value is -3.92. The molecule has 0 heterocycles. The predicted molar refractivity (Wildman–Crippen MR) is 157 cm³/mol. The third kappa shape index (κ3) is 12.9. The van der Waals surface area contributed by atoms with Gasteiger partial charge in [-0.1, -0.05) is 12.1 Å². The second-order valence-corrected chi connectivity index (χ2v) is 13.7. The van der Waals surface area contributed by atoms with E-state index in [0.717, 1.165) is 18.2 Å². The second-order valence-electron chi connectivity index (χ2n) is 12.0. The van der Waals surface area contributed by atoms with Crippen LogP contribution in [0.15, 0.2) is 47.4 Å². The topological polar surface area (TPSA) is 163 Å². The largest absolute Gasteiger partial charge is 0.487 e. The number of carbonyl (C=O) groups excluding carboxylic acids is 2. The lowest BCUT2D eigenvalue weighted by molar-refractivity contribution is -0.385. The Morgan fingerprint density at radius 2 is 1.60 bits per heavy atom. The molecule has 0 unspecified atom stereocenters. The lowest BCUT2D eigenvalue weighted by atomic mass is 10.0. The van der Waals surface area contributed by atoms with E-state index in [4.69, 9.17) is 14.2 Å². The zero-order chi connectivity index (χ0) is 34.2. The van der Waals surface area contributed by atoms with Gasteiger partial charge in [-0.2, -0.15) is 17.9 Å². The van der Waals surface area contributed by atoms with Gasteiger partial charge < -0.3 is 19.5 Å². The molecule has 2 aromatic rings. The molecule has 250 valence electrons.